The molecule has 1 fully saturated rings. The van der Waals surface area contributed by atoms with Crippen LogP contribution in [-0.4, -0.2) is 61.5 Å². The van der Waals surface area contributed by atoms with Gasteiger partial charge in [-0.3, -0.25) is 4.79 Å². The number of fused-ring (bicyclic) bond motifs is 1. The fourth-order valence-corrected chi connectivity index (χ4v) is 4.18. The van der Waals surface area contributed by atoms with Crippen LogP contribution in [0.15, 0.2) is 49.1 Å². The molecule has 0 radical (unpaired) electrons. The Morgan fingerprint density at radius 1 is 1.17 bits per heavy atom. The molecule has 35 heavy (non-hydrogen) atoms. The number of hydrogen-bond acceptors (Lipinski definition) is 7. The van der Waals surface area contributed by atoms with Gasteiger partial charge in [0.05, 0.1) is 11.8 Å². The fraction of sp³-hybridized carbons (Fsp3) is 0.320. The van der Waals surface area contributed by atoms with Gasteiger partial charge in [0.25, 0.3) is 5.91 Å². The summed E-state index contributed by atoms with van der Waals surface area (Å²) in [5.74, 6) is 0.108. The van der Waals surface area contributed by atoms with Crippen LogP contribution in [0.2, 0.25) is 0 Å². The lowest BCUT2D eigenvalue weighted by Crippen LogP contribution is -2.46. The quantitative estimate of drug-likeness (QED) is 0.439. The molecule has 0 saturated carbocycles. The number of carbonyl (C=O) groups is 1. The second-order valence-electron chi connectivity index (χ2n) is 8.57. The van der Waals surface area contributed by atoms with Gasteiger partial charge >= 0.3 is 0 Å². The van der Waals surface area contributed by atoms with E-state index >= 15 is 0 Å². The minimum atomic E-state index is -0.521. The van der Waals surface area contributed by atoms with E-state index in [4.69, 9.17) is 0 Å². The monoisotopic (exact) mass is 474 g/mol. The van der Waals surface area contributed by atoms with E-state index in [2.05, 4.69) is 49.0 Å². The number of rotatable bonds is 6. The second kappa shape index (κ2) is 9.75. The SMILES string of the molecule is CCC(C)n1cc(-c2nc(Nc3ccc(C(=O)N4CCNCC4)cn3)ncc2F)c2cccnc21. The van der Waals surface area contributed by atoms with E-state index in [-0.39, 0.29) is 23.6 Å². The molecule has 1 aliphatic heterocycles. The van der Waals surface area contributed by atoms with Crippen LogP contribution in [-0.2, 0) is 0 Å². The Hall–Kier alpha value is -3.92. The van der Waals surface area contributed by atoms with Crippen molar-refractivity contribution in [1.29, 1.82) is 0 Å². The molecule has 0 spiro atoms. The Bertz CT molecular complexity index is 1350. The molecule has 0 aliphatic carbocycles. The number of halogens is 1. The van der Waals surface area contributed by atoms with E-state index in [1.54, 1.807) is 23.2 Å². The summed E-state index contributed by atoms with van der Waals surface area (Å²) in [6.07, 6.45) is 7.22. The number of nitrogens with zero attached hydrogens (tertiary/aromatic N) is 6. The predicted molar refractivity (Wildman–Crippen MR) is 132 cm³/mol. The number of pyridine rings is 2. The fourth-order valence-electron chi connectivity index (χ4n) is 4.18. The Balaban J connectivity index is 1.41. The molecule has 2 N–H and O–H groups in total. The third kappa shape index (κ3) is 4.57. The van der Waals surface area contributed by atoms with E-state index in [1.165, 1.54) is 6.20 Å². The van der Waals surface area contributed by atoms with Gasteiger partial charge in [0.2, 0.25) is 5.95 Å². The van der Waals surface area contributed by atoms with E-state index < -0.39 is 5.82 Å². The molecule has 4 aromatic heterocycles. The topological polar surface area (TPSA) is 101 Å². The highest BCUT2D eigenvalue weighted by atomic mass is 19.1. The maximum Gasteiger partial charge on any atom is 0.255 e. The normalized spacial score (nSPS) is 14.8. The van der Waals surface area contributed by atoms with E-state index in [0.717, 1.165) is 36.7 Å². The molecule has 180 valence electrons. The van der Waals surface area contributed by atoms with Gasteiger partial charge < -0.3 is 20.1 Å². The minimum Gasteiger partial charge on any atom is -0.336 e. The summed E-state index contributed by atoms with van der Waals surface area (Å²) >= 11 is 0. The smallest absolute Gasteiger partial charge is 0.255 e. The number of carbonyl (C=O) groups excluding carboxylic acids is 1. The third-order valence-corrected chi connectivity index (χ3v) is 6.31. The van der Waals surface area contributed by atoms with Gasteiger partial charge in [0.1, 0.15) is 17.2 Å². The molecular weight excluding hydrogens is 447 g/mol. The molecule has 9 nitrogen and oxygen atoms in total. The van der Waals surface area contributed by atoms with Crippen LogP contribution >= 0.6 is 0 Å². The highest BCUT2D eigenvalue weighted by Gasteiger charge is 2.20. The average molecular weight is 475 g/mol. The van der Waals surface area contributed by atoms with Crippen molar-refractivity contribution >= 4 is 28.7 Å². The van der Waals surface area contributed by atoms with Crippen LogP contribution < -0.4 is 10.6 Å². The molecule has 1 amide bonds. The minimum absolute atomic E-state index is 0.0443. The number of nitrogens with one attached hydrogen (secondary N) is 2. The van der Waals surface area contributed by atoms with Gasteiger partial charge in [-0.05, 0) is 37.6 Å². The van der Waals surface area contributed by atoms with Crippen molar-refractivity contribution in [3.63, 3.8) is 0 Å². The molecule has 5 rings (SSSR count). The van der Waals surface area contributed by atoms with E-state index in [1.807, 2.05) is 18.3 Å². The molecule has 4 aromatic rings. The zero-order valence-electron chi connectivity index (χ0n) is 19.7. The van der Waals surface area contributed by atoms with Gasteiger partial charge in [0.15, 0.2) is 5.82 Å². The van der Waals surface area contributed by atoms with Crippen molar-refractivity contribution in [2.75, 3.05) is 31.5 Å². The van der Waals surface area contributed by atoms with Gasteiger partial charge in [-0.2, -0.15) is 0 Å². The summed E-state index contributed by atoms with van der Waals surface area (Å²) in [4.78, 5) is 31.9. The number of amides is 1. The molecule has 0 bridgehead atoms. The summed E-state index contributed by atoms with van der Waals surface area (Å²) in [5.41, 5.74) is 2.15. The molecule has 0 aromatic carbocycles. The molecule has 10 heteroatoms. The molecule has 1 aliphatic rings. The Labute approximate surface area is 202 Å². The first-order valence-electron chi connectivity index (χ1n) is 11.8. The van der Waals surface area contributed by atoms with Gasteiger partial charge in [-0.1, -0.05) is 6.92 Å². The van der Waals surface area contributed by atoms with Crippen molar-refractivity contribution in [2.45, 2.75) is 26.3 Å². The maximum atomic E-state index is 14.9. The summed E-state index contributed by atoms with van der Waals surface area (Å²) in [7, 11) is 0. The van der Waals surface area contributed by atoms with Crippen LogP contribution in [0.4, 0.5) is 16.2 Å². The van der Waals surface area contributed by atoms with Crippen LogP contribution in [0.1, 0.15) is 36.7 Å². The lowest BCUT2D eigenvalue weighted by Gasteiger charge is -2.27. The van der Waals surface area contributed by atoms with Gasteiger partial charge in [-0.25, -0.2) is 24.3 Å². The first-order valence-corrected chi connectivity index (χ1v) is 11.8. The van der Waals surface area contributed by atoms with Crippen molar-refractivity contribution < 1.29 is 9.18 Å². The number of aromatic nitrogens is 5. The van der Waals surface area contributed by atoms with Crippen LogP contribution in [0.5, 0.6) is 0 Å². The first-order chi connectivity index (χ1) is 17.0. The Kier molecular flexibility index (Phi) is 6.37. The van der Waals surface area contributed by atoms with Crippen molar-refractivity contribution in [1.82, 2.24) is 34.7 Å². The van der Waals surface area contributed by atoms with Crippen molar-refractivity contribution in [3.8, 4) is 11.3 Å². The lowest BCUT2D eigenvalue weighted by molar-refractivity contribution is 0.0735. The number of piperazine rings is 1. The summed E-state index contributed by atoms with van der Waals surface area (Å²) < 4.78 is 16.9. The van der Waals surface area contributed by atoms with E-state index in [9.17, 15) is 9.18 Å². The number of hydrogen-bond donors (Lipinski definition) is 2. The second-order valence-corrected chi connectivity index (χ2v) is 8.57. The largest absolute Gasteiger partial charge is 0.336 e. The molecule has 1 saturated heterocycles. The third-order valence-electron chi connectivity index (χ3n) is 6.31. The molecular formula is C25H27FN8O. The highest BCUT2D eigenvalue weighted by Crippen LogP contribution is 2.33. The maximum absolute atomic E-state index is 14.9. The van der Waals surface area contributed by atoms with Gasteiger partial charge in [-0.15, -0.1) is 0 Å². The average Bonchev–Trinajstić information content (AvgIpc) is 3.29. The van der Waals surface area contributed by atoms with Crippen LogP contribution in [0.3, 0.4) is 0 Å². The Morgan fingerprint density at radius 2 is 2.00 bits per heavy atom. The van der Waals surface area contributed by atoms with Crippen LogP contribution in [0, 0.1) is 5.82 Å². The summed E-state index contributed by atoms with van der Waals surface area (Å²) in [6, 6.07) is 7.37. The highest BCUT2D eigenvalue weighted by molar-refractivity contribution is 5.94. The zero-order valence-corrected chi connectivity index (χ0v) is 19.7. The molecule has 1 unspecified atom stereocenters. The van der Waals surface area contributed by atoms with Gasteiger partial charge in [0, 0.05) is 61.8 Å². The standard InChI is InChI=1S/C25H27FN8O/c1-3-16(2)34-15-19(18-5-4-8-28-23(18)34)22-20(26)14-30-25(32-22)31-21-7-6-17(13-29-21)24(35)33-11-9-27-10-12-33/h4-8,13-16,27H,3,9-12H2,1-2H3,(H,29,30,31,32). The van der Waals surface area contributed by atoms with Crippen molar-refractivity contribution in [2.24, 2.45) is 0 Å². The van der Waals surface area contributed by atoms with E-state index in [0.29, 0.717) is 30.0 Å². The summed E-state index contributed by atoms with van der Waals surface area (Å²) in [6.45, 7) is 7.12. The number of anilines is 2. The van der Waals surface area contributed by atoms with Crippen LogP contribution in [0.25, 0.3) is 22.3 Å². The predicted octanol–water partition coefficient (Wildman–Crippen LogP) is 3.79. The Morgan fingerprint density at radius 3 is 2.74 bits per heavy atom. The summed E-state index contributed by atoms with van der Waals surface area (Å²) in [5, 5.41) is 7.07. The first kappa shape index (κ1) is 22.9. The van der Waals surface area contributed by atoms with Crippen molar-refractivity contribution in [3.05, 3.63) is 60.4 Å². The lowest BCUT2D eigenvalue weighted by atomic mass is 10.1. The molecule has 5 heterocycles. The molecule has 1 atom stereocenters. The zero-order chi connectivity index (χ0) is 24.4.